The number of halogens is 1. The first kappa shape index (κ1) is 12.8. The molecular formula is C13H19ClN2O. The molecule has 0 aromatic heterocycles. The fourth-order valence-corrected chi connectivity index (χ4v) is 2.49. The molecule has 0 radical (unpaired) electrons. The number of nitrogens with zero attached hydrogens (tertiary/aromatic N) is 1. The van der Waals surface area contributed by atoms with E-state index in [1.807, 2.05) is 24.3 Å². The number of hydrogen-bond donors (Lipinski definition) is 2. The largest absolute Gasteiger partial charge is 0.395 e. The number of rotatable bonds is 4. The molecular weight excluding hydrogens is 236 g/mol. The van der Waals surface area contributed by atoms with Crippen LogP contribution in [-0.4, -0.2) is 48.8 Å². The Morgan fingerprint density at radius 1 is 1.29 bits per heavy atom. The van der Waals surface area contributed by atoms with E-state index < -0.39 is 0 Å². The van der Waals surface area contributed by atoms with Crippen molar-refractivity contribution in [1.29, 1.82) is 0 Å². The van der Waals surface area contributed by atoms with Crippen molar-refractivity contribution in [3.05, 3.63) is 34.9 Å². The van der Waals surface area contributed by atoms with Crippen molar-refractivity contribution in [2.45, 2.75) is 12.5 Å². The maximum absolute atomic E-state index is 9.53. The predicted molar refractivity (Wildman–Crippen MR) is 70.5 cm³/mol. The third kappa shape index (κ3) is 3.42. The fourth-order valence-electron chi connectivity index (χ4n) is 2.27. The zero-order chi connectivity index (χ0) is 12.1. The molecule has 0 spiro atoms. The summed E-state index contributed by atoms with van der Waals surface area (Å²) in [5, 5.41) is 13.6. The molecule has 3 nitrogen and oxygen atoms in total. The molecule has 0 bridgehead atoms. The molecule has 0 saturated carbocycles. The van der Waals surface area contributed by atoms with Gasteiger partial charge in [0.25, 0.3) is 0 Å². The molecule has 1 heterocycles. The van der Waals surface area contributed by atoms with Crippen LogP contribution in [-0.2, 0) is 6.42 Å². The standard InChI is InChI=1S/C13H19ClN2O/c14-13-4-2-1-3-11(13)9-12(10-17)16-7-5-15-6-8-16/h1-4,12,15,17H,5-10H2. The Hall–Kier alpha value is -0.610. The Morgan fingerprint density at radius 3 is 2.65 bits per heavy atom. The van der Waals surface area contributed by atoms with Gasteiger partial charge in [-0.3, -0.25) is 4.90 Å². The van der Waals surface area contributed by atoms with Crippen LogP contribution in [0.3, 0.4) is 0 Å². The molecule has 2 N–H and O–H groups in total. The number of benzene rings is 1. The van der Waals surface area contributed by atoms with Gasteiger partial charge < -0.3 is 10.4 Å². The van der Waals surface area contributed by atoms with E-state index in [4.69, 9.17) is 11.6 Å². The van der Waals surface area contributed by atoms with Crippen molar-refractivity contribution < 1.29 is 5.11 Å². The van der Waals surface area contributed by atoms with Gasteiger partial charge in [0.15, 0.2) is 0 Å². The third-order valence-corrected chi connectivity index (χ3v) is 3.66. The number of piperazine rings is 1. The Bertz CT molecular complexity index is 353. The highest BCUT2D eigenvalue weighted by Gasteiger charge is 2.20. The highest BCUT2D eigenvalue weighted by atomic mass is 35.5. The van der Waals surface area contributed by atoms with Crippen molar-refractivity contribution in [3.8, 4) is 0 Å². The van der Waals surface area contributed by atoms with Crippen LogP contribution in [0.5, 0.6) is 0 Å². The molecule has 1 aromatic rings. The highest BCUT2D eigenvalue weighted by molar-refractivity contribution is 6.31. The van der Waals surface area contributed by atoms with Gasteiger partial charge >= 0.3 is 0 Å². The average molecular weight is 255 g/mol. The highest BCUT2D eigenvalue weighted by Crippen LogP contribution is 2.18. The molecule has 4 heteroatoms. The van der Waals surface area contributed by atoms with Gasteiger partial charge in [0.1, 0.15) is 0 Å². The summed E-state index contributed by atoms with van der Waals surface area (Å²) in [6.07, 6.45) is 0.816. The summed E-state index contributed by atoms with van der Waals surface area (Å²) in [5.41, 5.74) is 1.12. The molecule has 1 fully saturated rings. The molecule has 1 saturated heterocycles. The van der Waals surface area contributed by atoms with E-state index in [2.05, 4.69) is 10.2 Å². The summed E-state index contributed by atoms with van der Waals surface area (Å²) >= 11 is 6.15. The van der Waals surface area contributed by atoms with Crippen molar-refractivity contribution in [3.63, 3.8) is 0 Å². The van der Waals surface area contributed by atoms with Crippen molar-refractivity contribution in [1.82, 2.24) is 10.2 Å². The van der Waals surface area contributed by atoms with Gasteiger partial charge in [-0.15, -0.1) is 0 Å². The predicted octanol–water partition coefficient (Wildman–Crippen LogP) is 1.15. The van der Waals surface area contributed by atoms with Crippen molar-refractivity contribution in [2.75, 3.05) is 32.8 Å². The van der Waals surface area contributed by atoms with Crippen LogP contribution in [0, 0.1) is 0 Å². The van der Waals surface area contributed by atoms with Crippen LogP contribution in [0.1, 0.15) is 5.56 Å². The minimum atomic E-state index is 0.178. The molecule has 0 aliphatic carbocycles. The molecule has 1 aliphatic heterocycles. The molecule has 17 heavy (non-hydrogen) atoms. The lowest BCUT2D eigenvalue weighted by molar-refractivity contribution is 0.110. The maximum Gasteiger partial charge on any atom is 0.0590 e. The fraction of sp³-hybridized carbons (Fsp3) is 0.538. The minimum absolute atomic E-state index is 0.178. The van der Waals surface area contributed by atoms with Crippen LogP contribution >= 0.6 is 11.6 Å². The maximum atomic E-state index is 9.53. The number of aliphatic hydroxyl groups excluding tert-OH is 1. The Morgan fingerprint density at radius 2 is 2.00 bits per heavy atom. The van der Waals surface area contributed by atoms with Gasteiger partial charge in [-0.25, -0.2) is 0 Å². The van der Waals surface area contributed by atoms with Crippen LogP contribution in [0.4, 0.5) is 0 Å². The number of hydrogen-bond acceptors (Lipinski definition) is 3. The molecule has 1 aliphatic rings. The van der Waals surface area contributed by atoms with Gasteiger partial charge in [-0.05, 0) is 18.1 Å². The van der Waals surface area contributed by atoms with Crippen molar-refractivity contribution >= 4 is 11.6 Å². The van der Waals surface area contributed by atoms with E-state index in [0.717, 1.165) is 43.2 Å². The van der Waals surface area contributed by atoms with Crippen LogP contribution in [0.15, 0.2) is 24.3 Å². The lowest BCUT2D eigenvalue weighted by atomic mass is 10.0. The van der Waals surface area contributed by atoms with Crippen LogP contribution in [0.2, 0.25) is 5.02 Å². The quantitative estimate of drug-likeness (QED) is 0.846. The van der Waals surface area contributed by atoms with Crippen LogP contribution < -0.4 is 5.32 Å². The van der Waals surface area contributed by atoms with Gasteiger partial charge in [0.05, 0.1) is 6.61 Å². The summed E-state index contributed by atoms with van der Waals surface area (Å²) in [7, 11) is 0. The normalized spacial score (nSPS) is 19.2. The first-order chi connectivity index (χ1) is 8.31. The van der Waals surface area contributed by atoms with E-state index in [0.29, 0.717) is 0 Å². The summed E-state index contributed by atoms with van der Waals surface area (Å²) in [5.74, 6) is 0. The van der Waals surface area contributed by atoms with E-state index >= 15 is 0 Å². The van der Waals surface area contributed by atoms with Gasteiger partial charge in [0, 0.05) is 37.2 Å². The molecule has 1 atom stereocenters. The summed E-state index contributed by atoms with van der Waals surface area (Å²) < 4.78 is 0. The molecule has 0 amide bonds. The van der Waals surface area contributed by atoms with E-state index in [-0.39, 0.29) is 12.6 Å². The Balaban J connectivity index is 2.01. The van der Waals surface area contributed by atoms with Gasteiger partial charge in [-0.1, -0.05) is 29.8 Å². The van der Waals surface area contributed by atoms with Crippen molar-refractivity contribution in [2.24, 2.45) is 0 Å². The molecule has 1 aromatic carbocycles. The second kappa shape index (κ2) is 6.36. The van der Waals surface area contributed by atoms with Gasteiger partial charge in [-0.2, -0.15) is 0 Å². The molecule has 2 rings (SSSR count). The summed E-state index contributed by atoms with van der Waals surface area (Å²) in [4.78, 5) is 2.33. The van der Waals surface area contributed by atoms with Crippen LogP contribution in [0.25, 0.3) is 0 Å². The van der Waals surface area contributed by atoms with E-state index in [9.17, 15) is 5.11 Å². The first-order valence-corrected chi connectivity index (χ1v) is 6.48. The lowest BCUT2D eigenvalue weighted by Crippen LogP contribution is -2.50. The number of aliphatic hydroxyl groups is 1. The second-order valence-electron chi connectivity index (χ2n) is 4.42. The number of nitrogens with one attached hydrogen (secondary N) is 1. The third-order valence-electron chi connectivity index (χ3n) is 3.29. The molecule has 94 valence electrons. The summed E-state index contributed by atoms with van der Waals surface area (Å²) in [6, 6.07) is 8.05. The zero-order valence-electron chi connectivity index (χ0n) is 9.90. The Kier molecular flexibility index (Phi) is 4.80. The van der Waals surface area contributed by atoms with E-state index in [1.54, 1.807) is 0 Å². The first-order valence-electron chi connectivity index (χ1n) is 6.10. The Labute approximate surface area is 107 Å². The minimum Gasteiger partial charge on any atom is -0.395 e. The average Bonchev–Trinajstić information content (AvgIpc) is 2.39. The summed E-state index contributed by atoms with van der Waals surface area (Å²) in [6.45, 7) is 4.18. The zero-order valence-corrected chi connectivity index (χ0v) is 10.7. The van der Waals surface area contributed by atoms with E-state index in [1.165, 1.54) is 0 Å². The monoisotopic (exact) mass is 254 g/mol. The SMILES string of the molecule is OCC(Cc1ccccc1Cl)N1CCNCC1. The molecule has 1 unspecified atom stereocenters. The van der Waals surface area contributed by atoms with Gasteiger partial charge in [0.2, 0.25) is 0 Å². The smallest absolute Gasteiger partial charge is 0.0590 e. The second-order valence-corrected chi connectivity index (χ2v) is 4.83. The lowest BCUT2D eigenvalue weighted by Gasteiger charge is -2.34. The topological polar surface area (TPSA) is 35.5 Å².